The molecule has 1 aromatic rings. The number of halogens is 1. The van der Waals surface area contributed by atoms with Gasteiger partial charge in [0, 0.05) is 43.3 Å². The number of esters is 1. The number of morpholine rings is 1. The second-order valence-corrected chi connectivity index (χ2v) is 6.93. The monoisotopic (exact) mass is 382 g/mol. The van der Waals surface area contributed by atoms with Gasteiger partial charge >= 0.3 is 5.97 Å². The molecule has 7 heteroatoms. The summed E-state index contributed by atoms with van der Waals surface area (Å²) in [6.07, 6.45) is 0.840. The van der Waals surface area contributed by atoms with Crippen molar-refractivity contribution in [3.8, 4) is 0 Å². The quantitative estimate of drug-likeness (QED) is 0.646. The van der Waals surface area contributed by atoms with Crippen LogP contribution in [-0.4, -0.2) is 74.7 Å². The summed E-state index contributed by atoms with van der Waals surface area (Å²) >= 11 is 5.91. The summed E-state index contributed by atoms with van der Waals surface area (Å²) < 4.78 is 10.2. The van der Waals surface area contributed by atoms with Crippen molar-refractivity contribution in [2.45, 2.75) is 13.3 Å². The van der Waals surface area contributed by atoms with Crippen LogP contribution < -0.4 is 0 Å². The zero-order valence-corrected chi connectivity index (χ0v) is 16.2. The average molecular weight is 383 g/mol. The third-order valence-electron chi connectivity index (χ3n) is 4.48. The summed E-state index contributed by atoms with van der Waals surface area (Å²) in [7, 11) is 1.36. The van der Waals surface area contributed by atoms with E-state index in [1.807, 2.05) is 0 Å². The van der Waals surface area contributed by atoms with Gasteiger partial charge in [-0.05, 0) is 30.7 Å². The lowest BCUT2D eigenvalue weighted by atomic mass is 10.1. The Morgan fingerprint density at radius 3 is 2.54 bits per heavy atom. The number of ether oxygens (including phenoxy) is 2. The lowest BCUT2D eigenvalue weighted by Crippen LogP contribution is -2.41. The minimum absolute atomic E-state index is 0.0978. The number of carbonyl (C=O) groups excluding carboxylic acids is 2. The van der Waals surface area contributed by atoms with Crippen LogP contribution in [0.4, 0.5) is 0 Å². The first kappa shape index (κ1) is 20.7. The van der Waals surface area contributed by atoms with E-state index in [-0.39, 0.29) is 17.8 Å². The normalized spacial score (nSPS) is 16.1. The van der Waals surface area contributed by atoms with Gasteiger partial charge in [-0.1, -0.05) is 18.5 Å². The molecule has 0 bridgehead atoms. The molecule has 1 aromatic carbocycles. The van der Waals surface area contributed by atoms with Gasteiger partial charge in [0.05, 0.1) is 26.2 Å². The number of hydrogen-bond donors (Lipinski definition) is 0. The van der Waals surface area contributed by atoms with Gasteiger partial charge in [0.2, 0.25) is 0 Å². The molecule has 1 unspecified atom stereocenters. The zero-order valence-electron chi connectivity index (χ0n) is 15.4. The summed E-state index contributed by atoms with van der Waals surface area (Å²) in [6.45, 7) is 6.95. The molecule has 0 saturated carbocycles. The highest BCUT2D eigenvalue weighted by Gasteiger charge is 2.22. The molecule has 0 spiro atoms. The Morgan fingerprint density at radius 1 is 1.27 bits per heavy atom. The molecule has 1 saturated heterocycles. The predicted octanol–water partition coefficient (Wildman–Crippen LogP) is 2.31. The Labute approximate surface area is 160 Å². The predicted molar refractivity (Wildman–Crippen MR) is 100 cm³/mol. The lowest BCUT2D eigenvalue weighted by molar-refractivity contribution is -0.145. The van der Waals surface area contributed by atoms with Crippen LogP contribution in [0, 0.1) is 5.92 Å². The summed E-state index contributed by atoms with van der Waals surface area (Å²) in [5.41, 5.74) is 0.567. The Kier molecular flexibility index (Phi) is 8.35. The molecule has 1 heterocycles. The van der Waals surface area contributed by atoms with E-state index in [4.69, 9.17) is 21.1 Å². The van der Waals surface area contributed by atoms with Crippen molar-refractivity contribution in [2.75, 3.05) is 53.0 Å². The van der Waals surface area contributed by atoms with Crippen LogP contribution in [0.25, 0.3) is 0 Å². The van der Waals surface area contributed by atoms with Gasteiger partial charge in [-0.3, -0.25) is 14.5 Å². The van der Waals surface area contributed by atoms with E-state index in [0.29, 0.717) is 23.7 Å². The molecule has 0 radical (unpaired) electrons. The van der Waals surface area contributed by atoms with Crippen molar-refractivity contribution in [1.29, 1.82) is 0 Å². The third-order valence-corrected chi connectivity index (χ3v) is 4.73. The van der Waals surface area contributed by atoms with Crippen LogP contribution >= 0.6 is 11.6 Å². The van der Waals surface area contributed by atoms with Crippen molar-refractivity contribution in [1.82, 2.24) is 9.80 Å². The fraction of sp³-hybridized carbons (Fsp3) is 0.579. The minimum Gasteiger partial charge on any atom is -0.469 e. The molecular formula is C19H27ClN2O4. The van der Waals surface area contributed by atoms with Crippen LogP contribution in [0.1, 0.15) is 23.7 Å². The molecular weight excluding hydrogens is 356 g/mol. The topological polar surface area (TPSA) is 59.1 Å². The second-order valence-electron chi connectivity index (χ2n) is 6.49. The summed E-state index contributed by atoms with van der Waals surface area (Å²) in [6, 6.07) is 6.82. The average Bonchev–Trinajstić information content (AvgIpc) is 2.67. The Bertz CT molecular complexity index is 588. The lowest BCUT2D eigenvalue weighted by Gasteiger charge is -2.29. The molecule has 0 N–H and O–H groups in total. The molecule has 1 fully saturated rings. The SMILES string of the molecule is COC(=O)C(C)CN(CCCN1CCOCC1)C(=O)c1ccc(Cl)cc1. The van der Waals surface area contributed by atoms with E-state index >= 15 is 0 Å². The summed E-state index contributed by atoms with van der Waals surface area (Å²) in [4.78, 5) is 28.7. The van der Waals surface area contributed by atoms with Gasteiger partial charge < -0.3 is 14.4 Å². The summed E-state index contributed by atoms with van der Waals surface area (Å²) in [5.74, 6) is -0.786. The number of carbonyl (C=O) groups is 2. The van der Waals surface area contributed by atoms with Gasteiger partial charge in [-0.2, -0.15) is 0 Å². The Hall–Kier alpha value is -1.63. The van der Waals surface area contributed by atoms with Crippen LogP contribution in [0.5, 0.6) is 0 Å². The fourth-order valence-electron chi connectivity index (χ4n) is 2.97. The van der Waals surface area contributed by atoms with Crippen LogP contribution in [0.15, 0.2) is 24.3 Å². The molecule has 144 valence electrons. The van der Waals surface area contributed by atoms with Crippen molar-refractivity contribution >= 4 is 23.5 Å². The number of nitrogens with zero attached hydrogens (tertiary/aromatic N) is 2. The highest BCUT2D eigenvalue weighted by molar-refractivity contribution is 6.30. The third kappa shape index (κ3) is 6.27. The maximum atomic E-state index is 12.9. The largest absolute Gasteiger partial charge is 0.469 e. The maximum absolute atomic E-state index is 12.9. The minimum atomic E-state index is -0.375. The van der Waals surface area contributed by atoms with Crippen LogP contribution in [0.3, 0.4) is 0 Å². The van der Waals surface area contributed by atoms with Crippen molar-refractivity contribution in [2.24, 2.45) is 5.92 Å². The number of amides is 1. The van der Waals surface area contributed by atoms with Crippen LogP contribution in [0.2, 0.25) is 5.02 Å². The van der Waals surface area contributed by atoms with E-state index < -0.39 is 0 Å². The first-order chi connectivity index (χ1) is 12.5. The molecule has 1 aliphatic heterocycles. The molecule has 0 aromatic heterocycles. The first-order valence-corrected chi connectivity index (χ1v) is 9.32. The molecule has 26 heavy (non-hydrogen) atoms. The molecule has 1 aliphatic rings. The van der Waals surface area contributed by atoms with Crippen molar-refractivity contribution in [3.63, 3.8) is 0 Å². The number of rotatable bonds is 8. The van der Waals surface area contributed by atoms with E-state index in [1.54, 1.807) is 36.1 Å². The van der Waals surface area contributed by atoms with Gasteiger partial charge in [-0.25, -0.2) is 0 Å². The zero-order chi connectivity index (χ0) is 18.9. The molecule has 2 rings (SSSR count). The fourth-order valence-corrected chi connectivity index (χ4v) is 3.09. The maximum Gasteiger partial charge on any atom is 0.310 e. The number of benzene rings is 1. The highest BCUT2D eigenvalue weighted by Crippen LogP contribution is 2.14. The van der Waals surface area contributed by atoms with Crippen LogP contribution in [-0.2, 0) is 14.3 Å². The van der Waals surface area contributed by atoms with E-state index in [9.17, 15) is 9.59 Å². The second kappa shape index (κ2) is 10.5. The highest BCUT2D eigenvalue weighted by atomic mass is 35.5. The Balaban J connectivity index is 1.98. The van der Waals surface area contributed by atoms with Gasteiger partial charge in [-0.15, -0.1) is 0 Å². The van der Waals surface area contributed by atoms with E-state index in [0.717, 1.165) is 39.3 Å². The standard InChI is InChI=1S/C19H27ClN2O4/c1-15(19(24)25-2)14-22(9-3-8-21-10-12-26-13-11-21)18(23)16-4-6-17(20)7-5-16/h4-7,15H,3,8-14H2,1-2H3. The van der Waals surface area contributed by atoms with E-state index in [1.165, 1.54) is 7.11 Å². The van der Waals surface area contributed by atoms with Crippen molar-refractivity contribution in [3.05, 3.63) is 34.9 Å². The molecule has 6 nitrogen and oxygen atoms in total. The number of hydrogen-bond acceptors (Lipinski definition) is 5. The van der Waals surface area contributed by atoms with Gasteiger partial charge in [0.1, 0.15) is 0 Å². The van der Waals surface area contributed by atoms with Crippen molar-refractivity contribution < 1.29 is 19.1 Å². The van der Waals surface area contributed by atoms with Gasteiger partial charge in [0.25, 0.3) is 5.91 Å². The summed E-state index contributed by atoms with van der Waals surface area (Å²) in [5, 5.41) is 0.586. The molecule has 1 amide bonds. The first-order valence-electron chi connectivity index (χ1n) is 8.94. The molecule has 1 atom stereocenters. The number of methoxy groups -OCH3 is 1. The Morgan fingerprint density at radius 2 is 1.92 bits per heavy atom. The smallest absolute Gasteiger partial charge is 0.310 e. The molecule has 0 aliphatic carbocycles. The van der Waals surface area contributed by atoms with E-state index in [2.05, 4.69) is 4.90 Å². The van der Waals surface area contributed by atoms with Gasteiger partial charge in [0.15, 0.2) is 0 Å².